The molecule has 5 aromatic carbocycles. The first-order valence-corrected chi connectivity index (χ1v) is 13.9. The van der Waals surface area contributed by atoms with Gasteiger partial charge in [0.15, 0.2) is 5.82 Å². The molecule has 7 aromatic rings. The van der Waals surface area contributed by atoms with Crippen molar-refractivity contribution in [3.8, 4) is 56.4 Å². The number of hydrogen-bond donors (Lipinski definition) is 0. The fraction of sp³-hybridized carbons (Fsp3) is 0.0541. The summed E-state index contributed by atoms with van der Waals surface area (Å²) in [6.45, 7) is 2.93. The molecule has 3 heterocycles. The molecule has 0 bridgehead atoms. The Kier molecular flexibility index (Phi) is 5.39. The maximum atomic E-state index is 5.23. The summed E-state index contributed by atoms with van der Waals surface area (Å²) >= 11 is 0. The molecule has 0 atom stereocenters. The summed E-state index contributed by atoms with van der Waals surface area (Å²) < 4.78 is 2.36. The van der Waals surface area contributed by atoms with E-state index in [2.05, 4.69) is 109 Å². The smallest absolute Gasteiger partial charge is 0.160 e. The van der Waals surface area contributed by atoms with Crippen LogP contribution in [-0.4, -0.2) is 19.5 Å². The van der Waals surface area contributed by atoms with Crippen LogP contribution in [0.25, 0.3) is 67.5 Å². The third kappa shape index (κ3) is 3.87. The zero-order chi connectivity index (χ0) is 27.3. The third-order valence-corrected chi connectivity index (χ3v) is 8.01. The molecular weight excluding hydrogens is 500 g/mol. The zero-order valence-electron chi connectivity index (χ0n) is 22.6. The number of aromatic nitrogens is 4. The minimum Gasteiger partial charge on any atom is -0.319 e. The Hall–Kier alpha value is -5.35. The molecule has 0 amide bonds. The molecule has 1 aliphatic heterocycles. The van der Waals surface area contributed by atoms with Gasteiger partial charge in [-0.2, -0.15) is 0 Å². The lowest BCUT2D eigenvalue weighted by Gasteiger charge is -2.21. The Balaban J connectivity index is 1.42. The second-order valence-electron chi connectivity index (χ2n) is 10.5. The van der Waals surface area contributed by atoms with Gasteiger partial charge in [0.2, 0.25) is 0 Å². The Bertz CT molecular complexity index is 2060. The Morgan fingerprint density at radius 1 is 0.537 bits per heavy atom. The number of fused-ring (bicyclic) bond motifs is 2. The summed E-state index contributed by atoms with van der Waals surface area (Å²) in [6.07, 6.45) is 0. The van der Waals surface area contributed by atoms with E-state index < -0.39 is 0 Å². The summed E-state index contributed by atoms with van der Waals surface area (Å²) in [7, 11) is 0. The van der Waals surface area contributed by atoms with Gasteiger partial charge in [0.05, 0.1) is 29.0 Å². The summed E-state index contributed by atoms with van der Waals surface area (Å²) in [5, 5.41) is 0. The highest BCUT2D eigenvalue weighted by atomic mass is 15.1. The van der Waals surface area contributed by atoms with Crippen molar-refractivity contribution in [3.63, 3.8) is 0 Å². The molecule has 0 fully saturated rings. The lowest BCUT2D eigenvalue weighted by molar-refractivity contribution is 0.827. The second kappa shape index (κ2) is 9.39. The normalized spacial score (nSPS) is 11.9. The van der Waals surface area contributed by atoms with Gasteiger partial charge in [-0.25, -0.2) is 15.0 Å². The topological polar surface area (TPSA) is 43.6 Å². The van der Waals surface area contributed by atoms with E-state index in [1.165, 1.54) is 22.2 Å². The van der Waals surface area contributed by atoms with E-state index in [1.54, 1.807) is 0 Å². The van der Waals surface area contributed by atoms with E-state index in [9.17, 15) is 0 Å². The molecule has 0 radical (unpaired) electrons. The minimum absolute atomic E-state index is 0.717. The lowest BCUT2D eigenvalue weighted by atomic mass is 9.92. The zero-order valence-corrected chi connectivity index (χ0v) is 22.6. The molecule has 2 aromatic heterocycles. The number of rotatable bonds is 4. The molecule has 0 spiro atoms. The molecule has 0 unspecified atom stereocenters. The van der Waals surface area contributed by atoms with Crippen molar-refractivity contribution in [1.82, 2.24) is 19.5 Å². The van der Waals surface area contributed by atoms with Crippen LogP contribution in [0.2, 0.25) is 0 Å². The van der Waals surface area contributed by atoms with Crippen LogP contribution in [0.15, 0.2) is 127 Å². The summed E-state index contributed by atoms with van der Waals surface area (Å²) in [4.78, 5) is 15.5. The minimum atomic E-state index is 0.717. The van der Waals surface area contributed by atoms with Gasteiger partial charge in [0, 0.05) is 33.4 Å². The molecule has 41 heavy (non-hydrogen) atoms. The first-order chi connectivity index (χ1) is 20.2. The van der Waals surface area contributed by atoms with Crippen LogP contribution in [-0.2, 0) is 6.54 Å². The molecule has 1 aliphatic rings. The number of hydrogen-bond acceptors (Lipinski definition) is 3. The third-order valence-electron chi connectivity index (χ3n) is 8.01. The van der Waals surface area contributed by atoms with Gasteiger partial charge >= 0.3 is 0 Å². The predicted octanol–water partition coefficient (Wildman–Crippen LogP) is 8.83. The Morgan fingerprint density at radius 3 is 1.83 bits per heavy atom. The largest absolute Gasteiger partial charge is 0.319 e. The van der Waals surface area contributed by atoms with Crippen LogP contribution in [0.3, 0.4) is 0 Å². The molecule has 4 heteroatoms. The van der Waals surface area contributed by atoms with Crippen molar-refractivity contribution in [1.29, 1.82) is 0 Å². The number of imidazole rings is 1. The van der Waals surface area contributed by atoms with E-state index in [-0.39, 0.29) is 0 Å². The Labute approximate surface area is 238 Å². The van der Waals surface area contributed by atoms with E-state index in [0.717, 1.165) is 62.9 Å². The quantitative estimate of drug-likeness (QED) is 0.230. The fourth-order valence-electron chi connectivity index (χ4n) is 6.05. The van der Waals surface area contributed by atoms with E-state index in [0.29, 0.717) is 0 Å². The van der Waals surface area contributed by atoms with Crippen molar-refractivity contribution in [2.75, 3.05) is 0 Å². The Morgan fingerprint density at radius 2 is 1.12 bits per heavy atom. The van der Waals surface area contributed by atoms with Gasteiger partial charge in [-0.05, 0) is 30.2 Å². The number of benzene rings is 5. The van der Waals surface area contributed by atoms with E-state index >= 15 is 0 Å². The summed E-state index contributed by atoms with van der Waals surface area (Å²) in [5.41, 5.74) is 13.0. The maximum Gasteiger partial charge on any atom is 0.160 e. The second-order valence-corrected chi connectivity index (χ2v) is 10.5. The molecule has 194 valence electrons. The van der Waals surface area contributed by atoms with Gasteiger partial charge in [0.25, 0.3) is 0 Å². The van der Waals surface area contributed by atoms with Crippen molar-refractivity contribution in [3.05, 3.63) is 139 Å². The number of nitrogens with zero attached hydrogens (tertiary/aromatic N) is 4. The highest BCUT2D eigenvalue weighted by Gasteiger charge is 2.25. The highest BCUT2D eigenvalue weighted by Crippen LogP contribution is 2.42. The molecule has 0 aliphatic carbocycles. The average Bonchev–Trinajstić information content (AvgIpc) is 3.41. The monoisotopic (exact) mass is 526 g/mol. The van der Waals surface area contributed by atoms with E-state index in [4.69, 9.17) is 15.0 Å². The van der Waals surface area contributed by atoms with Gasteiger partial charge in [-0.15, -0.1) is 0 Å². The standard InChI is InChI=1S/C37H26N4/c1-24-33(25-13-5-2-6-14-25)39-36(26-15-7-3-8-16-26)40-34(24)29-21-31-30-20-12-11-19-28(30)23-41-35(31)32(22-29)38-37(41)27-17-9-4-10-18-27/h2-22H,23H2,1H3. The molecule has 4 nitrogen and oxygen atoms in total. The van der Waals surface area contributed by atoms with Gasteiger partial charge in [-0.1, -0.05) is 115 Å². The SMILES string of the molecule is Cc1c(-c2ccccc2)nc(-c2ccccc2)nc1-c1cc2c3c(c1)nc(-c1ccccc1)n3Cc1ccccc1-2. The van der Waals surface area contributed by atoms with Crippen molar-refractivity contribution < 1.29 is 0 Å². The lowest BCUT2D eigenvalue weighted by Crippen LogP contribution is -2.09. The van der Waals surface area contributed by atoms with Crippen LogP contribution < -0.4 is 0 Å². The first kappa shape index (κ1) is 23.5. The maximum absolute atomic E-state index is 5.23. The molecule has 0 saturated carbocycles. The van der Waals surface area contributed by atoms with Gasteiger partial charge < -0.3 is 4.57 Å². The highest BCUT2D eigenvalue weighted by molar-refractivity contribution is 6.00. The van der Waals surface area contributed by atoms with Crippen LogP contribution in [0, 0.1) is 6.92 Å². The predicted molar refractivity (Wildman–Crippen MR) is 166 cm³/mol. The van der Waals surface area contributed by atoms with Crippen LogP contribution in [0.1, 0.15) is 11.1 Å². The summed E-state index contributed by atoms with van der Waals surface area (Å²) in [6, 6.07) is 44.3. The fourth-order valence-corrected chi connectivity index (χ4v) is 6.05. The van der Waals surface area contributed by atoms with Crippen LogP contribution in [0.5, 0.6) is 0 Å². The molecular formula is C37H26N4. The van der Waals surface area contributed by atoms with Crippen molar-refractivity contribution in [2.45, 2.75) is 13.5 Å². The molecule has 8 rings (SSSR count). The van der Waals surface area contributed by atoms with Crippen molar-refractivity contribution >= 4 is 11.0 Å². The van der Waals surface area contributed by atoms with Gasteiger partial charge in [-0.3, -0.25) is 0 Å². The molecule has 0 saturated heterocycles. The summed E-state index contributed by atoms with van der Waals surface area (Å²) in [5.74, 6) is 1.71. The van der Waals surface area contributed by atoms with Crippen LogP contribution in [0.4, 0.5) is 0 Å². The van der Waals surface area contributed by atoms with Crippen molar-refractivity contribution in [2.24, 2.45) is 0 Å². The van der Waals surface area contributed by atoms with E-state index in [1.807, 2.05) is 30.3 Å². The van der Waals surface area contributed by atoms with Crippen LogP contribution >= 0.6 is 0 Å². The van der Waals surface area contributed by atoms with Gasteiger partial charge in [0.1, 0.15) is 5.82 Å². The average molecular weight is 527 g/mol. The molecule has 0 N–H and O–H groups in total. The first-order valence-electron chi connectivity index (χ1n) is 13.9.